The lowest BCUT2D eigenvalue weighted by atomic mass is 10.0. The van der Waals surface area contributed by atoms with Gasteiger partial charge in [-0.2, -0.15) is 5.10 Å². The van der Waals surface area contributed by atoms with Crippen LogP contribution < -0.4 is 9.47 Å². The predicted octanol–water partition coefficient (Wildman–Crippen LogP) is 6.36. The number of pyridine rings is 2. The van der Waals surface area contributed by atoms with Crippen molar-refractivity contribution < 1.29 is 14.6 Å². The summed E-state index contributed by atoms with van der Waals surface area (Å²) in [5.74, 6) is 1.01. The molecule has 4 aromatic heterocycles. The van der Waals surface area contributed by atoms with E-state index in [1.807, 2.05) is 65.5 Å². The molecule has 0 aliphatic rings. The number of fused-ring (bicyclic) bond motifs is 1. The SMILES string of the molecule is COc1ccc(-c2nc(-c3ccc4nc(OC)c(Cc5ccc(-n6cccn6)cc5)c(Cl)c4c3)c(CO)s2)cn1. The fourth-order valence-electron chi connectivity index (χ4n) is 4.54. The van der Waals surface area contributed by atoms with Crippen LogP contribution in [0.3, 0.4) is 0 Å². The molecule has 0 spiro atoms. The second kappa shape index (κ2) is 11.1. The number of halogens is 1. The number of aromatic nitrogens is 5. The molecule has 0 bridgehead atoms. The highest BCUT2D eigenvalue weighted by Gasteiger charge is 2.19. The Morgan fingerprint density at radius 2 is 1.80 bits per heavy atom. The number of aliphatic hydroxyl groups is 1. The third-order valence-corrected chi connectivity index (χ3v) is 8.09. The fraction of sp³-hybridized carbons (Fsp3) is 0.133. The van der Waals surface area contributed by atoms with Crippen LogP contribution in [-0.4, -0.2) is 44.1 Å². The van der Waals surface area contributed by atoms with E-state index < -0.39 is 0 Å². The predicted molar refractivity (Wildman–Crippen MR) is 156 cm³/mol. The average Bonchev–Trinajstić information content (AvgIpc) is 3.70. The lowest BCUT2D eigenvalue weighted by Crippen LogP contribution is -2.00. The standard InChI is InChI=1S/C30H24ClN5O3S/c1-38-26-11-7-20(16-32-26)30-35-28(25(17-37)40-30)19-6-10-24-22(15-19)27(31)23(29(34-24)39-2)14-18-4-8-21(9-5-18)36-13-3-12-33-36/h3-13,15-16,37H,14,17H2,1-2H3. The number of rotatable bonds is 8. The van der Waals surface area contributed by atoms with Crippen LogP contribution in [0.1, 0.15) is 16.0 Å². The van der Waals surface area contributed by atoms with Crippen LogP contribution in [0.2, 0.25) is 5.02 Å². The van der Waals surface area contributed by atoms with E-state index in [9.17, 15) is 5.11 Å². The second-order valence-electron chi connectivity index (χ2n) is 8.98. The van der Waals surface area contributed by atoms with Gasteiger partial charge >= 0.3 is 0 Å². The molecular formula is C30H24ClN5O3S. The van der Waals surface area contributed by atoms with Gasteiger partial charge in [0.1, 0.15) is 5.01 Å². The molecule has 1 N–H and O–H groups in total. The first-order valence-corrected chi connectivity index (χ1v) is 13.6. The number of aliphatic hydroxyl groups excluding tert-OH is 1. The number of methoxy groups -OCH3 is 2. The Morgan fingerprint density at radius 1 is 0.975 bits per heavy atom. The molecule has 2 aromatic carbocycles. The van der Waals surface area contributed by atoms with Gasteiger partial charge < -0.3 is 14.6 Å². The zero-order valence-corrected chi connectivity index (χ0v) is 23.3. The molecular weight excluding hydrogens is 546 g/mol. The topological polar surface area (TPSA) is 95.2 Å². The average molecular weight is 570 g/mol. The quantitative estimate of drug-likeness (QED) is 0.228. The van der Waals surface area contributed by atoms with E-state index in [-0.39, 0.29) is 6.61 Å². The highest BCUT2D eigenvalue weighted by atomic mass is 35.5. The molecule has 10 heteroatoms. The van der Waals surface area contributed by atoms with E-state index in [1.54, 1.807) is 32.7 Å². The van der Waals surface area contributed by atoms with Crippen molar-refractivity contribution in [1.82, 2.24) is 24.7 Å². The van der Waals surface area contributed by atoms with Gasteiger partial charge in [-0.3, -0.25) is 0 Å². The monoisotopic (exact) mass is 569 g/mol. The second-order valence-corrected chi connectivity index (χ2v) is 10.4. The molecule has 0 saturated heterocycles. The Kier molecular flexibility index (Phi) is 7.17. The van der Waals surface area contributed by atoms with Crippen molar-refractivity contribution in [2.24, 2.45) is 0 Å². The van der Waals surface area contributed by atoms with E-state index in [4.69, 9.17) is 31.0 Å². The summed E-state index contributed by atoms with van der Waals surface area (Å²) in [6, 6.07) is 19.5. The van der Waals surface area contributed by atoms with Crippen LogP contribution >= 0.6 is 22.9 Å². The fourth-order valence-corrected chi connectivity index (χ4v) is 5.77. The van der Waals surface area contributed by atoms with Crippen molar-refractivity contribution in [3.63, 3.8) is 0 Å². The van der Waals surface area contributed by atoms with Crippen molar-refractivity contribution in [2.75, 3.05) is 14.2 Å². The Morgan fingerprint density at radius 3 is 2.48 bits per heavy atom. The van der Waals surface area contributed by atoms with Crippen molar-refractivity contribution >= 4 is 33.8 Å². The number of ether oxygens (including phenoxy) is 2. The highest BCUT2D eigenvalue weighted by molar-refractivity contribution is 7.15. The third kappa shape index (κ3) is 4.90. The largest absolute Gasteiger partial charge is 0.481 e. The van der Waals surface area contributed by atoms with Crippen LogP contribution in [0, 0.1) is 0 Å². The summed E-state index contributed by atoms with van der Waals surface area (Å²) in [4.78, 5) is 14.6. The smallest absolute Gasteiger partial charge is 0.218 e. The van der Waals surface area contributed by atoms with Gasteiger partial charge in [0, 0.05) is 53.2 Å². The van der Waals surface area contributed by atoms with E-state index in [0.717, 1.165) is 43.2 Å². The number of benzene rings is 2. The van der Waals surface area contributed by atoms with E-state index >= 15 is 0 Å². The van der Waals surface area contributed by atoms with Crippen LogP contribution in [0.5, 0.6) is 11.8 Å². The molecule has 0 atom stereocenters. The maximum absolute atomic E-state index is 10.1. The molecule has 0 unspecified atom stereocenters. The van der Waals surface area contributed by atoms with Gasteiger partial charge in [-0.1, -0.05) is 29.8 Å². The summed E-state index contributed by atoms with van der Waals surface area (Å²) in [5.41, 5.74) is 5.92. The maximum atomic E-state index is 10.1. The van der Waals surface area contributed by atoms with Crippen molar-refractivity contribution in [1.29, 1.82) is 0 Å². The normalized spacial score (nSPS) is 11.2. The lowest BCUT2D eigenvalue weighted by molar-refractivity contribution is 0.286. The Bertz CT molecular complexity index is 1790. The Hall–Kier alpha value is -4.31. The number of thiazole rings is 1. The molecule has 6 aromatic rings. The van der Waals surface area contributed by atoms with E-state index in [2.05, 4.69) is 10.1 Å². The molecule has 200 valence electrons. The minimum Gasteiger partial charge on any atom is -0.481 e. The summed E-state index contributed by atoms with van der Waals surface area (Å²) >= 11 is 8.45. The number of hydrogen-bond donors (Lipinski definition) is 1. The van der Waals surface area contributed by atoms with Gasteiger partial charge in [0.05, 0.1) is 47.6 Å². The first kappa shape index (κ1) is 25.9. The van der Waals surface area contributed by atoms with Crippen LogP contribution in [0.4, 0.5) is 0 Å². The van der Waals surface area contributed by atoms with Crippen molar-refractivity contribution in [3.8, 4) is 39.3 Å². The summed E-state index contributed by atoms with van der Waals surface area (Å²) in [7, 11) is 3.17. The lowest BCUT2D eigenvalue weighted by Gasteiger charge is -2.14. The zero-order valence-electron chi connectivity index (χ0n) is 21.7. The summed E-state index contributed by atoms with van der Waals surface area (Å²) in [6.07, 6.45) is 5.91. The van der Waals surface area contributed by atoms with Gasteiger partial charge in [0.15, 0.2) is 0 Å². The Labute approximate surface area is 239 Å². The van der Waals surface area contributed by atoms with Gasteiger partial charge in [-0.05, 0) is 42.0 Å². The molecule has 4 heterocycles. The van der Waals surface area contributed by atoms with E-state index in [1.165, 1.54) is 11.3 Å². The van der Waals surface area contributed by atoms with Crippen LogP contribution in [0.25, 0.3) is 38.4 Å². The number of hydrogen-bond acceptors (Lipinski definition) is 8. The molecule has 6 rings (SSSR count). The first-order chi connectivity index (χ1) is 19.6. The molecule has 0 aliphatic heterocycles. The van der Waals surface area contributed by atoms with Crippen molar-refractivity contribution in [2.45, 2.75) is 13.0 Å². The summed E-state index contributed by atoms with van der Waals surface area (Å²) in [5, 5.41) is 16.5. The van der Waals surface area contributed by atoms with Crippen molar-refractivity contribution in [3.05, 3.63) is 100 Å². The number of nitrogens with zero attached hydrogens (tertiary/aromatic N) is 5. The molecule has 8 nitrogen and oxygen atoms in total. The molecule has 0 radical (unpaired) electrons. The summed E-state index contributed by atoms with van der Waals surface area (Å²) < 4.78 is 12.6. The maximum Gasteiger partial charge on any atom is 0.218 e. The van der Waals surface area contributed by atoms with Gasteiger partial charge in [-0.15, -0.1) is 11.3 Å². The van der Waals surface area contributed by atoms with Gasteiger partial charge in [0.2, 0.25) is 11.8 Å². The molecule has 40 heavy (non-hydrogen) atoms. The molecule has 0 amide bonds. The van der Waals surface area contributed by atoms with Crippen LogP contribution in [-0.2, 0) is 13.0 Å². The highest BCUT2D eigenvalue weighted by Crippen LogP contribution is 2.39. The Balaban J connectivity index is 1.37. The van der Waals surface area contributed by atoms with Gasteiger partial charge in [0.25, 0.3) is 0 Å². The zero-order chi connectivity index (χ0) is 27.6. The van der Waals surface area contributed by atoms with E-state index in [0.29, 0.717) is 34.4 Å². The minimum absolute atomic E-state index is 0.136. The summed E-state index contributed by atoms with van der Waals surface area (Å²) in [6.45, 7) is -0.136. The molecule has 0 aliphatic carbocycles. The minimum atomic E-state index is -0.136. The van der Waals surface area contributed by atoms with Gasteiger partial charge in [-0.25, -0.2) is 19.6 Å². The molecule has 0 saturated carbocycles. The first-order valence-electron chi connectivity index (χ1n) is 12.4. The third-order valence-electron chi connectivity index (χ3n) is 6.56. The molecule has 0 fully saturated rings. The van der Waals surface area contributed by atoms with Crippen LogP contribution in [0.15, 0.2) is 79.3 Å².